The summed E-state index contributed by atoms with van der Waals surface area (Å²) >= 11 is 6.39. The molecule has 3 rings (SSSR count). The van der Waals surface area contributed by atoms with E-state index in [1.54, 1.807) is 13.2 Å². The maximum Gasteiger partial charge on any atom is 0.259 e. The third kappa shape index (κ3) is 4.57. The van der Waals surface area contributed by atoms with Gasteiger partial charge in [0.1, 0.15) is 5.75 Å². The van der Waals surface area contributed by atoms with E-state index in [4.69, 9.17) is 16.3 Å². The Morgan fingerprint density at radius 2 is 2.04 bits per heavy atom. The highest BCUT2D eigenvalue weighted by Gasteiger charge is 2.21. The highest BCUT2D eigenvalue weighted by atomic mass is 35.5. The van der Waals surface area contributed by atoms with Gasteiger partial charge in [0.05, 0.1) is 12.7 Å². The zero-order valence-corrected chi connectivity index (χ0v) is 17.7. The van der Waals surface area contributed by atoms with E-state index in [0.29, 0.717) is 16.3 Å². The summed E-state index contributed by atoms with van der Waals surface area (Å²) in [5.41, 5.74) is 4.76. The standard InChI is InChI=1S/C21H25ClN2O2.ClH/c1-13(2)16-11-20(26-4)17(10-18(16)22)21(25)23-19-7-5-6-14-12-24(3)9-8-15(14)19;/h5-7,10-11,13H,8-9,12H2,1-4H3,(H,23,25);1H. The molecule has 1 heterocycles. The van der Waals surface area contributed by atoms with Crippen molar-refractivity contribution in [2.45, 2.75) is 32.7 Å². The van der Waals surface area contributed by atoms with E-state index in [0.717, 1.165) is 30.8 Å². The van der Waals surface area contributed by atoms with E-state index in [1.165, 1.54) is 11.1 Å². The predicted molar refractivity (Wildman–Crippen MR) is 114 cm³/mol. The second kappa shape index (κ2) is 8.96. The van der Waals surface area contributed by atoms with Crippen LogP contribution in [0.2, 0.25) is 5.02 Å². The van der Waals surface area contributed by atoms with Crippen molar-refractivity contribution in [1.82, 2.24) is 4.90 Å². The molecular formula is C21H26Cl2N2O2. The van der Waals surface area contributed by atoms with Crippen molar-refractivity contribution >= 4 is 35.6 Å². The normalized spacial score (nSPS) is 13.7. The Kier molecular flexibility index (Phi) is 7.15. The summed E-state index contributed by atoms with van der Waals surface area (Å²) in [7, 11) is 3.68. The molecule has 0 saturated heterocycles. The Morgan fingerprint density at radius 3 is 2.70 bits per heavy atom. The number of amides is 1. The van der Waals surface area contributed by atoms with Crippen LogP contribution in [0.3, 0.4) is 0 Å². The van der Waals surface area contributed by atoms with Crippen molar-refractivity contribution in [3.63, 3.8) is 0 Å². The summed E-state index contributed by atoms with van der Waals surface area (Å²) in [6.45, 7) is 6.01. The van der Waals surface area contributed by atoms with Gasteiger partial charge in [0.2, 0.25) is 0 Å². The van der Waals surface area contributed by atoms with Crippen LogP contribution in [0, 0.1) is 0 Å². The number of hydrogen-bond donors (Lipinski definition) is 1. The number of ether oxygens (including phenoxy) is 1. The molecule has 1 amide bonds. The highest BCUT2D eigenvalue weighted by Crippen LogP contribution is 2.33. The Labute approximate surface area is 172 Å². The number of nitrogens with one attached hydrogen (secondary N) is 1. The molecule has 0 spiro atoms. The summed E-state index contributed by atoms with van der Waals surface area (Å²) in [6, 6.07) is 9.62. The van der Waals surface area contributed by atoms with E-state index >= 15 is 0 Å². The molecule has 27 heavy (non-hydrogen) atoms. The second-order valence-corrected chi connectivity index (χ2v) is 7.52. The lowest BCUT2D eigenvalue weighted by Crippen LogP contribution is -2.27. The lowest BCUT2D eigenvalue weighted by atomic mass is 9.97. The fraction of sp³-hybridized carbons (Fsp3) is 0.381. The van der Waals surface area contributed by atoms with Crippen molar-refractivity contribution in [2.75, 3.05) is 26.0 Å². The molecule has 0 unspecified atom stereocenters. The van der Waals surface area contributed by atoms with Crippen LogP contribution in [-0.4, -0.2) is 31.5 Å². The molecule has 6 heteroatoms. The number of rotatable bonds is 4. The average Bonchev–Trinajstić information content (AvgIpc) is 2.61. The number of anilines is 1. The third-order valence-electron chi connectivity index (χ3n) is 4.89. The smallest absolute Gasteiger partial charge is 0.259 e. The molecule has 2 aromatic rings. The lowest BCUT2D eigenvalue weighted by Gasteiger charge is -2.27. The van der Waals surface area contributed by atoms with Crippen LogP contribution >= 0.6 is 24.0 Å². The van der Waals surface area contributed by atoms with Gasteiger partial charge in [0.15, 0.2) is 0 Å². The Bertz CT molecular complexity index is 837. The monoisotopic (exact) mass is 408 g/mol. The van der Waals surface area contributed by atoms with Gasteiger partial charge in [-0.25, -0.2) is 0 Å². The molecule has 0 bridgehead atoms. The molecule has 1 N–H and O–H groups in total. The SMILES string of the molecule is COc1cc(C(C)C)c(Cl)cc1C(=O)Nc1cccc2c1CCN(C)C2.Cl. The van der Waals surface area contributed by atoms with Crippen molar-refractivity contribution in [1.29, 1.82) is 0 Å². The minimum absolute atomic E-state index is 0. The van der Waals surface area contributed by atoms with Gasteiger partial charge in [-0.15, -0.1) is 12.4 Å². The summed E-state index contributed by atoms with van der Waals surface area (Å²) in [5.74, 6) is 0.596. The number of hydrogen-bond acceptors (Lipinski definition) is 3. The van der Waals surface area contributed by atoms with Crippen LogP contribution in [0.1, 0.15) is 46.8 Å². The molecule has 0 saturated carbocycles. The Hall–Kier alpha value is -1.75. The molecule has 0 fully saturated rings. The first kappa shape index (κ1) is 21.5. The van der Waals surface area contributed by atoms with Gasteiger partial charge in [-0.05, 0) is 54.3 Å². The molecule has 0 radical (unpaired) electrons. The molecule has 1 aliphatic heterocycles. The largest absolute Gasteiger partial charge is 0.496 e. The van der Waals surface area contributed by atoms with Crippen LogP contribution in [-0.2, 0) is 13.0 Å². The Balaban J connectivity index is 0.00000261. The van der Waals surface area contributed by atoms with E-state index in [1.807, 2.05) is 18.2 Å². The van der Waals surface area contributed by atoms with Crippen LogP contribution in [0.15, 0.2) is 30.3 Å². The van der Waals surface area contributed by atoms with Crippen LogP contribution in [0.5, 0.6) is 5.75 Å². The first-order chi connectivity index (χ1) is 12.4. The zero-order chi connectivity index (χ0) is 18.8. The predicted octanol–water partition coefficient (Wildman–Crippen LogP) is 5.13. The second-order valence-electron chi connectivity index (χ2n) is 7.11. The zero-order valence-electron chi connectivity index (χ0n) is 16.1. The average molecular weight is 409 g/mol. The number of halogens is 2. The topological polar surface area (TPSA) is 41.6 Å². The number of carbonyl (C=O) groups is 1. The number of benzene rings is 2. The van der Waals surface area contributed by atoms with Crippen LogP contribution < -0.4 is 10.1 Å². The first-order valence-electron chi connectivity index (χ1n) is 8.88. The highest BCUT2D eigenvalue weighted by molar-refractivity contribution is 6.32. The summed E-state index contributed by atoms with van der Waals surface area (Å²) in [6.07, 6.45) is 0.923. The van der Waals surface area contributed by atoms with E-state index < -0.39 is 0 Å². The van der Waals surface area contributed by atoms with E-state index in [9.17, 15) is 4.79 Å². The minimum atomic E-state index is -0.202. The molecule has 1 aliphatic rings. The van der Waals surface area contributed by atoms with Gasteiger partial charge in [0.25, 0.3) is 5.91 Å². The molecule has 146 valence electrons. The fourth-order valence-corrected chi connectivity index (χ4v) is 3.80. The quantitative estimate of drug-likeness (QED) is 0.761. The number of likely N-dealkylation sites (N-methyl/N-ethyl adjacent to an activating group) is 1. The molecule has 0 aliphatic carbocycles. The summed E-state index contributed by atoms with van der Waals surface area (Å²) in [5, 5.41) is 3.64. The van der Waals surface area contributed by atoms with Gasteiger partial charge in [-0.3, -0.25) is 4.79 Å². The number of nitrogens with zero attached hydrogens (tertiary/aromatic N) is 1. The maximum atomic E-state index is 12.9. The molecule has 2 aromatic carbocycles. The minimum Gasteiger partial charge on any atom is -0.496 e. The first-order valence-corrected chi connectivity index (χ1v) is 9.26. The van der Waals surface area contributed by atoms with Crippen molar-refractivity contribution in [3.8, 4) is 5.75 Å². The Morgan fingerprint density at radius 1 is 1.30 bits per heavy atom. The molecule has 4 nitrogen and oxygen atoms in total. The van der Waals surface area contributed by atoms with Crippen LogP contribution in [0.4, 0.5) is 5.69 Å². The number of carbonyl (C=O) groups excluding carboxylic acids is 1. The summed E-state index contributed by atoms with van der Waals surface area (Å²) < 4.78 is 5.45. The molecule has 0 aromatic heterocycles. The van der Waals surface area contributed by atoms with Gasteiger partial charge in [0, 0.05) is 23.8 Å². The van der Waals surface area contributed by atoms with Gasteiger partial charge < -0.3 is 15.0 Å². The third-order valence-corrected chi connectivity index (χ3v) is 5.22. The lowest BCUT2D eigenvalue weighted by molar-refractivity contribution is 0.102. The van der Waals surface area contributed by atoms with E-state index in [-0.39, 0.29) is 24.2 Å². The molecular weight excluding hydrogens is 383 g/mol. The maximum absolute atomic E-state index is 12.9. The van der Waals surface area contributed by atoms with Crippen molar-refractivity contribution in [2.24, 2.45) is 0 Å². The molecule has 0 atom stereocenters. The van der Waals surface area contributed by atoms with Crippen molar-refractivity contribution in [3.05, 3.63) is 57.6 Å². The van der Waals surface area contributed by atoms with E-state index in [2.05, 4.69) is 37.2 Å². The van der Waals surface area contributed by atoms with Crippen molar-refractivity contribution < 1.29 is 9.53 Å². The number of fused-ring (bicyclic) bond motifs is 1. The summed E-state index contributed by atoms with van der Waals surface area (Å²) in [4.78, 5) is 15.2. The van der Waals surface area contributed by atoms with Crippen LogP contribution in [0.25, 0.3) is 0 Å². The van der Waals surface area contributed by atoms with Gasteiger partial charge in [-0.2, -0.15) is 0 Å². The van der Waals surface area contributed by atoms with Gasteiger partial charge >= 0.3 is 0 Å². The van der Waals surface area contributed by atoms with Gasteiger partial charge in [-0.1, -0.05) is 37.6 Å². The fourth-order valence-electron chi connectivity index (χ4n) is 3.42. The number of methoxy groups -OCH3 is 1.